The Kier molecular flexibility index (Phi) is 11.1. The monoisotopic (exact) mass is 476 g/mol. The van der Waals surface area contributed by atoms with E-state index in [1.165, 1.54) is 24.5 Å². The number of non-ortho nitro benzene ring substituents is 1. The average molecular weight is 477 g/mol. The van der Waals surface area contributed by atoms with Crippen LogP contribution in [-0.4, -0.2) is 47.4 Å². The molecule has 0 aromatic heterocycles. The normalized spacial score (nSPS) is 18.9. The van der Waals surface area contributed by atoms with Crippen molar-refractivity contribution in [2.24, 2.45) is 0 Å². The molecule has 1 aromatic rings. The number of nitrogens with zero attached hydrogens (tertiary/aromatic N) is 1. The van der Waals surface area contributed by atoms with Crippen molar-refractivity contribution in [3.8, 4) is 5.75 Å². The molecule has 188 valence electrons. The standard InChI is InChI=1S/C25H36N2O7/c1-4-7-8-9-15-33-20(18-32-14-10-13-28)17-26-23-21-16-19(27(30)31)11-12-22(21)34-25(5-2,6-3)24(23)29/h10-12,16,18,23-24,26,29H,4-9,14-15,17H2,1-3H3/t23-,24+/m0/s1. The summed E-state index contributed by atoms with van der Waals surface area (Å²) in [5.74, 6) is 2.67. The topological polar surface area (TPSA) is 120 Å². The van der Waals surface area contributed by atoms with E-state index in [1.807, 2.05) is 13.8 Å². The highest BCUT2D eigenvalue weighted by molar-refractivity contribution is 5.48. The van der Waals surface area contributed by atoms with E-state index in [2.05, 4.69) is 12.2 Å². The van der Waals surface area contributed by atoms with Crippen LogP contribution in [0, 0.1) is 10.1 Å². The Bertz CT molecular complexity index is 876. The number of rotatable bonds is 15. The molecule has 0 radical (unpaired) electrons. The van der Waals surface area contributed by atoms with E-state index in [0.717, 1.165) is 25.7 Å². The highest BCUT2D eigenvalue weighted by Crippen LogP contribution is 2.44. The predicted molar refractivity (Wildman–Crippen MR) is 128 cm³/mol. The van der Waals surface area contributed by atoms with E-state index >= 15 is 0 Å². The lowest BCUT2D eigenvalue weighted by atomic mass is 9.80. The minimum Gasteiger partial charge on any atom is -0.493 e. The molecule has 9 heteroatoms. The number of ether oxygens (including phenoxy) is 3. The van der Waals surface area contributed by atoms with Crippen LogP contribution in [0.25, 0.3) is 0 Å². The molecular weight excluding hydrogens is 440 g/mol. The van der Waals surface area contributed by atoms with Gasteiger partial charge in [0.2, 0.25) is 0 Å². The van der Waals surface area contributed by atoms with Crippen molar-refractivity contribution in [1.82, 2.24) is 5.32 Å². The number of aliphatic hydroxyl groups is 1. The zero-order valence-electron chi connectivity index (χ0n) is 20.2. The molecule has 0 unspecified atom stereocenters. The van der Waals surface area contributed by atoms with Crippen LogP contribution < -0.4 is 10.1 Å². The Hall–Kier alpha value is -2.87. The second-order valence-corrected chi connectivity index (χ2v) is 8.31. The molecule has 0 bridgehead atoms. The summed E-state index contributed by atoms with van der Waals surface area (Å²) in [7, 11) is 0. The SMILES string of the molecule is CCCCCCOC(=COCC=C=O)CN[C@H]1c2cc([N+](=O)[O-])ccc2OC(CC)(CC)[C@@H]1O. The summed E-state index contributed by atoms with van der Waals surface area (Å²) in [4.78, 5) is 21.3. The molecule has 0 fully saturated rings. The quantitative estimate of drug-likeness (QED) is 0.126. The van der Waals surface area contributed by atoms with Gasteiger partial charge in [-0.2, -0.15) is 0 Å². The summed E-state index contributed by atoms with van der Waals surface area (Å²) in [6.45, 7) is 6.81. The minimum absolute atomic E-state index is 0.0654. The molecule has 1 aromatic carbocycles. The van der Waals surface area contributed by atoms with Gasteiger partial charge < -0.3 is 24.6 Å². The number of carbonyl (C=O) groups excluding carboxylic acids is 1. The third-order valence-electron chi connectivity index (χ3n) is 6.16. The van der Waals surface area contributed by atoms with E-state index in [9.17, 15) is 20.0 Å². The third-order valence-corrected chi connectivity index (χ3v) is 6.16. The Labute approximate surface area is 200 Å². The van der Waals surface area contributed by atoms with E-state index in [4.69, 9.17) is 14.2 Å². The maximum Gasteiger partial charge on any atom is 0.270 e. The van der Waals surface area contributed by atoms with Crippen LogP contribution in [-0.2, 0) is 14.3 Å². The van der Waals surface area contributed by atoms with Crippen LogP contribution in [0.1, 0.15) is 70.9 Å². The number of hydrogen-bond donors (Lipinski definition) is 2. The van der Waals surface area contributed by atoms with Crippen LogP contribution in [0.5, 0.6) is 5.75 Å². The molecular formula is C25H36N2O7. The van der Waals surface area contributed by atoms with Gasteiger partial charge in [0.1, 0.15) is 42.0 Å². The Balaban J connectivity index is 2.25. The molecule has 0 spiro atoms. The van der Waals surface area contributed by atoms with Crippen LogP contribution >= 0.6 is 0 Å². The molecule has 0 aliphatic carbocycles. The fourth-order valence-electron chi connectivity index (χ4n) is 4.07. The first-order chi connectivity index (χ1) is 16.4. The number of nitrogens with one attached hydrogen (secondary N) is 1. The average Bonchev–Trinajstić information content (AvgIpc) is 2.84. The van der Waals surface area contributed by atoms with Gasteiger partial charge in [-0.1, -0.05) is 40.0 Å². The van der Waals surface area contributed by atoms with Crippen molar-refractivity contribution in [3.63, 3.8) is 0 Å². The molecule has 0 saturated heterocycles. The zero-order valence-corrected chi connectivity index (χ0v) is 20.2. The predicted octanol–water partition coefficient (Wildman–Crippen LogP) is 4.38. The molecule has 2 atom stereocenters. The number of nitro groups is 1. The van der Waals surface area contributed by atoms with Crippen molar-refractivity contribution in [3.05, 3.63) is 52.0 Å². The Morgan fingerprint density at radius 3 is 2.71 bits per heavy atom. The lowest BCUT2D eigenvalue weighted by Gasteiger charge is -2.45. The molecule has 9 nitrogen and oxygen atoms in total. The van der Waals surface area contributed by atoms with Gasteiger partial charge in [0, 0.05) is 23.8 Å². The van der Waals surface area contributed by atoms with Gasteiger partial charge in [-0.25, -0.2) is 4.79 Å². The van der Waals surface area contributed by atoms with Gasteiger partial charge in [-0.3, -0.25) is 10.1 Å². The van der Waals surface area contributed by atoms with Crippen molar-refractivity contribution in [1.29, 1.82) is 0 Å². The number of aliphatic hydroxyl groups excluding tert-OH is 1. The van der Waals surface area contributed by atoms with Gasteiger partial charge in [0.15, 0.2) is 0 Å². The van der Waals surface area contributed by atoms with E-state index in [0.29, 0.717) is 36.5 Å². The molecule has 1 aliphatic rings. The second kappa shape index (κ2) is 13.7. The van der Waals surface area contributed by atoms with Crippen molar-refractivity contribution < 1.29 is 29.0 Å². The molecule has 34 heavy (non-hydrogen) atoms. The fraction of sp³-hybridized carbons (Fsp3) is 0.600. The molecule has 0 amide bonds. The summed E-state index contributed by atoms with van der Waals surface area (Å²) in [5.41, 5.74) is -0.378. The molecule has 2 N–H and O–H groups in total. The number of fused-ring (bicyclic) bond motifs is 1. The smallest absolute Gasteiger partial charge is 0.270 e. The van der Waals surface area contributed by atoms with Gasteiger partial charge in [0.25, 0.3) is 5.69 Å². The third kappa shape index (κ3) is 7.06. The van der Waals surface area contributed by atoms with E-state index in [-0.39, 0.29) is 18.8 Å². The lowest BCUT2D eigenvalue weighted by molar-refractivity contribution is -0.385. The van der Waals surface area contributed by atoms with Crippen LogP contribution in [0.15, 0.2) is 36.3 Å². The van der Waals surface area contributed by atoms with Crippen LogP contribution in [0.2, 0.25) is 0 Å². The first kappa shape index (κ1) is 27.4. The number of unbranched alkanes of at least 4 members (excludes halogenated alkanes) is 3. The van der Waals surface area contributed by atoms with Crippen molar-refractivity contribution in [2.75, 3.05) is 19.8 Å². The summed E-state index contributed by atoms with van der Waals surface area (Å²) < 4.78 is 17.4. The first-order valence-corrected chi connectivity index (χ1v) is 11.9. The highest BCUT2D eigenvalue weighted by atomic mass is 16.6. The van der Waals surface area contributed by atoms with Crippen LogP contribution in [0.3, 0.4) is 0 Å². The second-order valence-electron chi connectivity index (χ2n) is 8.31. The Morgan fingerprint density at radius 1 is 1.29 bits per heavy atom. The van der Waals surface area contributed by atoms with E-state index in [1.54, 1.807) is 12.0 Å². The largest absolute Gasteiger partial charge is 0.493 e. The maximum atomic E-state index is 11.4. The van der Waals surface area contributed by atoms with Gasteiger partial charge in [-0.05, 0) is 25.3 Å². The van der Waals surface area contributed by atoms with E-state index < -0.39 is 22.7 Å². The lowest BCUT2D eigenvalue weighted by Crippen LogP contribution is -2.55. The summed E-state index contributed by atoms with van der Waals surface area (Å²) >= 11 is 0. The van der Waals surface area contributed by atoms with Gasteiger partial charge in [0.05, 0.1) is 24.1 Å². The number of benzene rings is 1. The summed E-state index contributed by atoms with van der Waals surface area (Å²) in [5, 5.41) is 25.9. The van der Waals surface area contributed by atoms with Crippen molar-refractivity contribution in [2.45, 2.75) is 77.0 Å². The summed E-state index contributed by atoms with van der Waals surface area (Å²) in [6.07, 6.45) is 7.04. The van der Waals surface area contributed by atoms with Crippen molar-refractivity contribution >= 4 is 11.6 Å². The molecule has 1 aliphatic heterocycles. The number of nitro benzene ring substituents is 1. The minimum atomic E-state index is -0.943. The number of hydrogen-bond acceptors (Lipinski definition) is 8. The molecule has 0 saturated carbocycles. The zero-order chi connectivity index (χ0) is 25.0. The fourth-order valence-corrected chi connectivity index (χ4v) is 4.07. The summed E-state index contributed by atoms with van der Waals surface area (Å²) in [6, 6.07) is 3.81. The first-order valence-electron chi connectivity index (χ1n) is 11.9. The maximum absolute atomic E-state index is 11.4. The van der Waals surface area contributed by atoms with Gasteiger partial charge >= 0.3 is 0 Å². The highest BCUT2D eigenvalue weighted by Gasteiger charge is 2.47. The van der Waals surface area contributed by atoms with Crippen LogP contribution in [0.4, 0.5) is 5.69 Å². The molecule has 1 heterocycles. The molecule has 2 rings (SSSR count). The Morgan fingerprint density at radius 2 is 2.06 bits per heavy atom. The van der Waals surface area contributed by atoms with Gasteiger partial charge in [-0.15, -0.1) is 0 Å².